The van der Waals surface area contributed by atoms with Crippen LogP contribution in [-0.4, -0.2) is 37.9 Å². The molecule has 4 rings (SSSR count). The minimum Gasteiger partial charge on any atom is -0.462 e. The zero-order valence-electron chi connectivity index (χ0n) is 14.8. The summed E-state index contributed by atoms with van der Waals surface area (Å²) >= 11 is 0. The molecule has 0 amide bonds. The number of furan rings is 1. The average molecular weight is 373 g/mol. The second-order valence-electron chi connectivity index (χ2n) is 6.78. The number of aromatic nitrogens is 2. The van der Waals surface area contributed by atoms with E-state index in [9.17, 15) is 9.50 Å². The quantitative estimate of drug-likeness (QED) is 0.710. The van der Waals surface area contributed by atoms with E-state index in [1.165, 1.54) is 6.07 Å². The van der Waals surface area contributed by atoms with Gasteiger partial charge in [-0.15, -0.1) is 0 Å². The van der Waals surface area contributed by atoms with E-state index in [1.54, 1.807) is 31.2 Å². The molecule has 8 heteroatoms. The molecule has 2 atom stereocenters. The van der Waals surface area contributed by atoms with E-state index in [-0.39, 0.29) is 18.5 Å². The molecule has 0 radical (unpaired) electrons. The van der Waals surface area contributed by atoms with Gasteiger partial charge in [0.2, 0.25) is 11.7 Å². The molecule has 0 spiro atoms. The van der Waals surface area contributed by atoms with Crippen molar-refractivity contribution in [3.8, 4) is 11.4 Å². The highest BCUT2D eigenvalue weighted by molar-refractivity contribution is 5.55. The van der Waals surface area contributed by atoms with E-state index in [0.717, 1.165) is 0 Å². The summed E-state index contributed by atoms with van der Waals surface area (Å²) in [4.78, 5) is 6.40. The van der Waals surface area contributed by atoms with Gasteiger partial charge in [-0.25, -0.2) is 4.39 Å². The zero-order chi connectivity index (χ0) is 19.0. The van der Waals surface area contributed by atoms with Crippen molar-refractivity contribution >= 4 is 0 Å². The fourth-order valence-corrected chi connectivity index (χ4v) is 3.32. The first-order chi connectivity index (χ1) is 13.0. The van der Waals surface area contributed by atoms with E-state index in [0.29, 0.717) is 53.9 Å². The van der Waals surface area contributed by atoms with Crippen molar-refractivity contribution in [1.82, 2.24) is 15.0 Å². The molecular formula is C19H20FN3O4. The summed E-state index contributed by atoms with van der Waals surface area (Å²) in [5.74, 6) is 1.53. The lowest BCUT2D eigenvalue weighted by molar-refractivity contribution is 0.160. The molecule has 3 heterocycles. The fraction of sp³-hybridized carbons (Fsp3) is 0.368. The van der Waals surface area contributed by atoms with Crippen LogP contribution in [0.3, 0.4) is 0 Å². The molecule has 27 heavy (non-hydrogen) atoms. The SMILES string of the molecule is Cc1ccc(-c2noc([C@@H]3C[C@@H](O)CN3Cc3ccc(CO)o3)n2)cc1F. The lowest BCUT2D eigenvalue weighted by Gasteiger charge is -2.19. The maximum atomic E-state index is 13.8. The Hall–Kier alpha value is -2.55. The molecule has 0 aliphatic carbocycles. The van der Waals surface area contributed by atoms with Gasteiger partial charge in [0.25, 0.3) is 0 Å². The van der Waals surface area contributed by atoms with Gasteiger partial charge in [-0.3, -0.25) is 4.90 Å². The molecule has 0 bridgehead atoms. The lowest BCUT2D eigenvalue weighted by Crippen LogP contribution is -2.24. The number of aryl methyl sites for hydroxylation is 1. The topological polar surface area (TPSA) is 95.8 Å². The predicted molar refractivity (Wildman–Crippen MR) is 92.8 cm³/mol. The van der Waals surface area contributed by atoms with Gasteiger partial charge in [0, 0.05) is 12.1 Å². The van der Waals surface area contributed by atoms with Crippen LogP contribution in [0.5, 0.6) is 0 Å². The molecular weight excluding hydrogens is 353 g/mol. The maximum Gasteiger partial charge on any atom is 0.244 e. The third-order valence-corrected chi connectivity index (χ3v) is 4.77. The summed E-state index contributed by atoms with van der Waals surface area (Å²) in [7, 11) is 0. The van der Waals surface area contributed by atoms with Crippen LogP contribution in [0, 0.1) is 12.7 Å². The molecule has 3 aromatic rings. The molecule has 7 nitrogen and oxygen atoms in total. The number of nitrogens with zero attached hydrogens (tertiary/aromatic N) is 3. The molecule has 1 saturated heterocycles. The lowest BCUT2D eigenvalue weighted by atomic mass is 10.1. The molecule has 0 unspecified atom stereocenters. The molecule has 1 aliphatic rings. The van der Waals surface area contributed by atoms with Gasteiger partial charge in [0.1, 0.15) is 23.9 Å². The number of rotatable bonds is 5. The minimum atomic E-state index is -0.519. The highest BCUT2D eigenvalue weighted by Crippen LogP contribution is 2.34. The van der Waals surface area contributed by atoms with Crippen molar-refractivity contribution in [3.05, 3.63) is 59.1 Å². The standard InChI is InChI=1S/C19H20FN3O4/c1-11-2-3-12(6-16(11)20)18-21-19(27-22-18)17-7-13(25)8-23(17)9-14-4-5-15(10-24)26-14/h2-6,13,17,24-25H,7-10H2,1H3/t13-,17+/m1/s1. The third kappa shape index (κ3) is 3.64. The maximum absolute atomic E-state index is 13.8. The Morgan fingerprint density at radius 2 is 2.07 bits per heavy atom. The number of hydrogen-bond donors (Lipinski definition) is 2. The van der Waals surface area contributed by atoms with Crippen LogP contribution < -0.4 is 0 Å². The Balaban J connectivity index is 1.55. The van der Waals surface area contributed by atoms with Crippen molar-refractivity contribution in [3.63, 3.8) is 0 Å². The summed E-state index contributed by atoms with van der Waals surface area (Å²) in [5, 5.41) is 23.2. The van der Waals surface area contributed by atoms with Gasteiger partial charge in [0.05, 0.1) is 18.7 Å². The largest absolute Gasteiger partial charge is 0.462 e. The number of halogens is 1. The normalized spacial score (nSPS) is 20.4. The van der Waals surface area contributed by atoms with Gasteiger partial charge >= 0.3 is 0 Å². The molecule has 1 aromatic carbocycles. The van der Waals surface area contributed by atoms with Crippen LogP contribution in [-0.2, 0) is 13.2 Å². The van der Waals surface area contributed by atoms with Crippen LogP contribution in [0.2, 0.25) is 0 Å². The number of benzene rings is 1. The average Bonchev–Trinajstić information content (AvgIpc) is 3.37. The van der Waals surface area contributed by atoms with Crippen molar-refractivity contribution in [1.29, 1.82) is 0 Å². The second kappa shape index (κ2) is 7.22. The minimum absolute atomic E-state index is 0.161. The first-order valence-electron chi connectivity index (χ1n) is 8.74. The smallest absolute Gasteiger partial charge is 0.244 e. The molecule has 0 saturated carbocycles. The number of aliphatic hydroxyl groups excluding tert-OH is 2. The van der Waals surface area contributed by atoms with Gasteiger partial charge in [-0.05, 0) is 37.1 Å². The highest BCUT2D eigenvalue weighted by atomic mass is 19.1. The summed E-state index contributed by atoms with van der Waals surface area (Å²) in [5.41, 5.74) is 1.09. The highest BCUT2D eigenvalue weighted by Gasteiger charge is 2.36. The van der Waals surface area contributed by atoms with Crippen molar-refractivity contribution in [2.75, 3.05) is 6.54 Å². The summed E-state index contributed by atoms with van der Waals surface area (Å²) in [6.07, 6.45) is -0.0632. The molecule has 2 aromatic heterocycles. The number of hydrogen-bond acceptors (Lipinski definition) is 7. The van der Waals surface area contributed by atoms with E-state index in [4.69, 9.17) is 14.0 Å². The van der Waals surface area contributed by atoms with Crippen LogP contribution in [0.15, 0.2) is 39.3 Å². The Labute approximate surface area is 155 Å². The van der Waals surface area contributed by atoms with E-state index in [2.05, 4.69) is 10.1 Å². The Bertz CT molecular complexity index is 939. The zero-order valence-corrected chi connectivity index (χ0v) is 14.8. The first kappa shape index (κ1) is 17.8. The number of β-amino-alcohol motifs (C(OH)–C–C–N with tert-alkyl or cyclic N) is 1. The second-order valence-corrected chi connectivity index (χ2v) is 6.78. The number of likely N-dealkylation sites (tertiary alicyclic amines) is 1. The number of aliphatic hydroxyl groups is 2. The summed E-state index contributed by atoms with van der Waals surface area (Å²) < 4.78 is 24.7. The summed E-state index contributed by atoms with van der Waals surface area (Å²) in [6, 6.07) is 8.04. The van der Waals surface area contributed by atoms with Gasteiger partial charge in [0.15, 0.2) is 0 Å². The Kier molecular flexibility index (Phi) is 4.77. The van der Waals surface area contributed by atoms with Crippen molar-refractivity contribution in [2.45, 2.75) is 38.6 Å². The van der Waals surface area contributed by atoms with Gasteiger partial charge < -0.3 is 19.2 Å². The molecule has 142 valence electrons. The van der Waals surface area contributed by atoms with E-state index in [1.807, 2.05) is 4.90 Å². The Morgan fingerprint density at radius 1 is 1.26 bits per heavy atom. The summed E-state index contributed by atoms with van der Waals surface area (Å²) in [6.45, 7) is 2.41. The Morgan fingerprint density at radius 3 is 2.81 bits per heavy atom. The molecule has 1 fully saturated rings. The van der Waals surface area contributed by atoms with Crippen molar-refractivity contribution in [2.24, 2.45) is 0 Å². The van der Waals surface area contributed by atoms with E-state index < -0.39 is 6.10 Å². The van der Waals surface area contributed by atoms with Crippen molar-refractivity contribution < 1.29 is 23.5 Å². The first-order valence-corrected chi connectivity index (χ1v) is 8.74. The van der Waals surface area contributed by atoms with Crippen LogP contribution in [0.25, 0.3) is 11.4 Å². The monoisotopic (exact) mass is 373 g/mol. The van der Waals surface area contributed by atoms with Crippen LogP contribution in [0.1, 0.15) is 35.4 Å². The van der Waals surface area contributed by atoms with E-state index >= 15 is 0 Å². The predicted octanol–water partition coefficient (Wildman–Crippen LogP) is 2.58. The van der Waals surface area contributed by atoms with Gasteiger partial charge in [-0.2, -0.15) is 4.98 Å². The van der Waals surface area contributed by atoms with Crippen LogP contribution in [0.4, 0.5) is 4.39 Å². The fourth-order valence-electron chi connectivity index (χ4n) is 3.32. The molecule has 1 aliphatic heterocycles. The van der Waals surface area contributed by atoms with Crippen LogP contribution >= 0.6 is 0 Å². The van der Waals surface area contributed by atoms with Gasteiger partial charge in [-0.1, -0.05) is 17.3 Å². The molecule has 2 N–H and O–H groups in total. The third-order valence-electron chi connectivity index (χ3n) is 4.77.